The summed E-state index contributed by atoms with van der Waals surface area (Å²) in [7, 11) is 1.84. The van der Waals surface area contributed by atoms with E-state index in [1.165, 1.54) is 12.8 Å². The normalized spacial score (nSPS) is 17.9. The van der Waals surface area contributed by atoms with Crippen LogP contribution >= 0.6 is 0 Å². The Morgan fingerprint density at radius 1 is 1.64 bits per heavy atom. The summed E-state index contributed by atoms with van der Waals surface area (Å²) >= 11 is 0. The summed E-state index contributed by atoms with van der Waals surface area (Å²) < 4.78 is 2.16. The fourth-order valence-electron chi connectivity index (χ4n) is 2.00. The first kappa shape index (κ1) is 9.68. The molecule has 0 bridgehead atoms. The van der Waals surface area contributed by atoms with Gasteiger partial charge in [0.15, 0.2) is 0 Å². The predicted molar refractivity (Wildman–Crippen MR) is 54.1 cm³/mol. The van der Waals surface area contributed by atoms with Crippen LogP contribution in [0.15, 0.2) is 6.20 Å². The van der Waals surface area contributed by atoms with Crippen LogP contribution in [0.25, 0.3) is 0 Å². The number of hydrogen-bond donors (Lipinski definition) is 2. The molecule has 0 saturated carbocycles. The fraction of sp³-hybridized carbons (Fsp3) is 0.700. The number of imidazole rings is 1. The third-order valence-corrected chi connectivity index (χ3v) is 2.74. The zero-order chi connectivity index (χ0) is 9.97. The summed E-state index contributed by atoms with van der Waals surface area (Å²) in [5, 5.41) is 12.8. The van der Waals surface area contributed by atoms with Crippen LogP contribution in [0, 0.1) is 0 Å². The molecule has 0 aliphatic carbocycles. The van der Waals surface area contributed by atoms with Crippen molar-refractivity contribution in [1.29, 1.82) is 0 Å². The van der Waals surface area contributed by atoms with Gasteiger partial charge in [0.25, 0.3) is 0 Å². The van der Waals surface area contributed by atoms with Gasteiger partial charge < -0.3 is 15.0 Å². The highest BCUT2D eigenvalue weighted by molar-refractivity contribution is 5.10. The van der Waals surface area contributed by atoms with Crippen molar-refractivity contribution in [2.75, 3.05) is 13.6 Å². The van der Waals surface area contributed by atoms with E-state index >= 15 is 0 Å². The molecule has 2 N–H and O–H groups in total. The SMILES string of the molecule is CNCC(O)c1cnc2n1CCCC2. The van der Waals surface area contributed by atoms with E-state index in [0.29, 0.717) is 6.54 Å². The molecule has 4 nitrogen and oxygen atoms in total. The first-order chi connectivity index (χ1) is 6.83. The molecule has 0 amide bonds. The molecule has 1 aromatic heterocycles. The summed E-state index contributed by atoms with van der Waals surface area (Å²) in [5.41, 5.74) is 0.953. The Morgan fingerprint density at radius 2 is 2.50 bits per heavy atom. The van der Waals surface area contributed by atoms with E-state index in [-0.39, 0.29) is 0 Å². The molecule has 0 spiro atoms. The number of rotatable bonds is 3. The lowest BCUT2D eigenvalue weighted by Gasteiger charge is -2.18. The second kappa shape index (κ2) is 4.11. The van der Waals surface area contributed by atoms with Gasteiger partial charge in [-0.05, 0) is 19.9 Å². The third kappa shape index (κ3) is 1.67. The number of aryl methyl sites for hydroxylation is 1. The largest absolute Gasteiger partial charge is 0.385 e. The second-order valence-corrected chi connectivity index (χ2v) is 3.78. The highest BCUT2D eigenvalue weighted by Crippen LogP contribution is 2.20. The van der Waals surface area contributed by atoms with Crippen LogP contribution in [0.2, 0.25) is 0 Å². The predicted octanol–water partition coefficient (Wildman–Crippen LogP) is 0.472. The van der Waals surface area contributed by atoms with Gasteiger partial charge >= 0.3 is 0 Å². The number of likely N-dealkylation sites (N-methyl/N-ethyl adjacent to an activating group) is 1. The quantitative estimate of drug-likeness (QED) is 0.737. The number of aromatic nitrogens is 2. The molecular formula is C10H17N3O. The molecule has 1 aromatic rings. The summed E-state index contributed by atoms with van der Waals surface area (Å²) in [5.74, 6) is 1.13. The van der Waals surface area contributed by atoms with Crippen molar-refractivity contribution in [2.24, 2.45) is 0 Å². The molecule has 1 atom stereocenters. The van der Waals surface area contributed by atoms with Crippen LogP contribution in [-0.2, 0) is 13.0 Å². The van der Waals surface area contributed by atoms with Crippen LogP contribution < -0.4 is 5.32 Å². The Hall–Kier alpha value is -0.870. The van der Waals surface area contributed by atoms with Crippen LogP contribution in [0.3, 0.4) is 0 Å². The van der Waals surface area contributed by atoms with Crippen LogP contribution in [0.4, 0.5) is 0 Å². The molecule has 0 radical (unpaired) electrons. The first-order valence-electron chi connectivity index (χ1n) is 5.20. The van der Waals surface area contributed by atoms with Crippen LogP contribution in [0.5, 0.6) is 0 Å². The molecule has 2 rings (SSSR count). The molecule has 1 aliphatic rings. The Kier molecular flexibility index (Phi) is 2.84. The van der Waals surface area contributed by atoms with Gasteiger partial charge in [0.2, 0.25) is 0 Å². The van der Waals surface area contributed by atoms with E-state index in [0.717, 1.165) is 24.5 Å². The molecule has 0 saturated heterocycles. The van der Waals surface area contributed by atoms with E-state index in [1.54, 1.807) is 0 Å². The van der Waals surface area contributed by atoms with Gasteiger partial charge in [0, 0.05) is 19.5 Å². The molecule has 1 unspecified atom stereocenters. The Morgan fingerprint density at radius 3 is 3.29 bits per heavy atom. The molecule has 14 heavy (non-hydrogen) atoms. The number of aliphatic hydroxyl groups is 1. The Labute approximate surface area is 84.0 Å². The zero-order valence-corrected chi connectivity index (χ0v) is 8.53. The fourth-order valence-corrected chi connectivity index (χ4v) is 2.00. The smallest absolute Gasteiger partial charge is 0.108 e. The molecule has 0 fully saturated rings. The summed E-state index contributed by atoms with van der Waals surface area (Å²) in [6, 6.07) is 0. The highest BCUT2D eigenvalue weighted by atomic mass is 16.3. The molecule has 2 heterocycles. The highest BCUT2D eigenvalue weighted by Gasteiger charge is 2.18. The van der Waals surface area contributed by atoms with Gasteiger partial charge in [-0.1, -0.05) is 0 Å². The minimum atomic E-state index is -0.431. The van der Waals surface area contributed by atoms with Crippen molar-refractivity contribution < 1.29 is 5.11 Å². The average Bonchev–Trinajstić information content (AvgIpc) is 2.61. The van der Waals surface area contributed by atoms with Crippen molar-refractivity contribution in [3.8, 4) is 0 Å². The Balaban J connectivity index is 2.21. The summed E-state index contributed by atoms with van der Waals surface area (Å²) in [4.78, 5) is 4.34. The van der Waals surface area contributed by atoms with Gasteiger partial charge in [-0.15, -0.1) is 0 Å². The zero-order valence-electron chi connectivity index (χ0n) is 8.53. The van der Waals surface area contributed by atoms with E-state index in [4.69, 9.17) is 0 Å². The topological polar surface area (TPSA) is 50.1 Å². The van der Waals surface area contributed by atoms with Crippen LogP contribution in [0.1, 0.15) is 30.5 Å². The number of aliphatic hydroxyl groups excluding tert-OH is 1. The molecule has 0 aromatic carbocycles. The number of fused-ring (bicyclic) bond motifs is 1. The molecule has 1 aliphatic heterocycles. The average molecular weight is 195 g/mol. The summed E-state index contributed by atoms with van der Waals surface area (Å²) in [6.45, 7) is 1.59. The number of nitrogens with one attached hydrogen (secondary N) is 1. The van der Waals surface area contributed by atoms with Gasteiger partial charge in [-0.2, -0.15) is 0 Å². The Bertz CT molecular complexity index is 308. The molecular weight excluding hydrogens is 178 g/mol. The molecule has 4 heteroatoms. The van der Waals surface area contributed by atoms with Gasteiger partial charge in [-0.25, -0.2) is 4.98 Å². The number of hydrogen-bond acceptors (Lipinski definition) is 3. The van der Waals surface area contributed by atoms with E-state index < -0.39 is 6.10 Å². The van der Waals surface area contributed by atoms with Gasteiger partial charge in [-0.3, -0.25) is 0 Å². The second-order valence-electron chi connectivity index (χ2n) is 3.78. The maximum Gasteiger partial charge on any atom is 0.108 e. The van der Waals surface area contributed by atoms with E-state index in [9.17, 15) is 5.11 Å². The van der Waals surface area contributed by atoms with Crippen LogP contribution in [-0.4, -0.2) is 28.3 Å². The van der Waals surface area contributed by atoms with Crippen molar-refractivity contribution >= 4 is 0 Å². The van der Waals surface area contributed by atoms with E-state index in [2.05, 4.69) is 14.9 Å². The lowest BCUT2D eigenvalue weighted by atomic mass is 10.1. The van der Waals surface area contributed by atoms with Crippen molar-refractivity contribution in [3.05, 3.63) is 17.7 Å². The van der Waals surface area contributed by atoms with Gasteiger partial charge in [0.1, 0.15) is 11.9 Å². The maximum absolute atomic E-state index is 9.84. The lowest BCUT2D eigenvalue weighted by Crippen LogP contribution is -2.21. The first-order valence-corrected chi connectivity index (χ1v) is 5.20. The minimum Gasteiger partial charge on any atom is -0.385 e. The van der Waals surface area contributed by atoms with Crippen molar-refractivity contribution in [3.63, 3.8) is 0 Å². The monoisotopic (exact) mass is 195 g/mol. The third-order valence-electron chi connectivity index (χ3n) is 2.74. The summed E-state index contributed by atoms with van der Waals surface area (Å²) in [6.07, 6.45) is 4.84. The number of nitrogens with zero attached hydrogens (tertiary/aromatic N) is 2. The van der Waals surface area contributed by atoms with Crippen molar-refractivity contribution in [1.82, 2.24) is 14.9 Å². The van der Waals surface area contributed by atoms with E-state index in [1.807, 2.05) is 13.2 Å². The standard InChI is InChI=1S/C10H17N3O/c1-11-7-9(14)8-6-12-10-4-2-3-5-13(8)10/h6,9,11,14H,2-5,7H2,1H3. The minimum absolute atomic E-state index is 0.431. The molecule has 78 valence electrons. The van der Waals surface area contributed by atoms with Gasteiger partial charge in [0.05, 0.1) is 11.9 Å². The maximum atomic E-state index is 9.84. The lowest BCUT2D eigenvalue weighted by molar-refractivity contribution is 0.167. The van der Waals surface area contributed by atoms with Crippen molar-refractivity contribution in [2.45, 2.75) is 31.9 Å².